The second kappa shape index (κ2) is 5.31. The molecule has 0 bridgehead atoms. The number of aromatic nitrogens is 2. The molecule has 1 aromatic rings. The van der Waals surface area contributed by atoms with Crippen molar-refractivity contribution < 1.29 is 4.74 Å². The molecular weight excluding hydrogens is 218 g/mol. The van der Waals surface area contributed by atoms with Gasteiger partial charge in [-0.05, 0) is 26.7 Å². The van der Waals surface area contributed by atoms with E-state index in [1.54, 1.807) is 17.0 Å². The fraction of sp³-hybridized carbons (Fsp3) is 0.667. The molecule has 1 aliphatic heterocycles. The van der Waals surface area contributed by atoms with Gasteiger partial charge in [0, 0.05) is 31.6 Å². The molecule has 2 atom stereocenters. The molecule has 1 N–H and O–H groups in total. The van der Waals surface area contributed by atoms with Crippen molar-refractivity contribution in [2.45, 2.75) is 45.4 Å². The second-order valence-corrected chi connectivity index (χ2v) is 4.41. The van der Waals surface area contributed by atoms with Gasteiger partial charge in [0.25, 0.3) is 5.56 Å². The van der Waals surface area contributed by atoms with Gasteiger partial charge >= 0.3 is 0 Å². The van der Waals surface area contributed by atoms with E-state index in [-0.39, 0.29) is 17.7 Å². The summed E-state index contributed by atoms with van der Waals surface area (Å²) < 4.78 is 7.13. The van der Waals surface area contributed by atoms with Crippen molar-refractivity contribution in [1.29, 1.82) is 0 Å². The summed E-state index contributed by atoms with van der Waals surface area (Å²) in [5.41, 5.74) is -0.0471. The topological polar surface area (TPSA) is 56.1 Å². The highest BCUT2D eigenvalue weighted by atomic mass is 16.5. The van der Waals surface area contributed by atoms with E-state index in [0.29, 0.717) is 12.4 Å². The van der Waals surface area contributed by atoms with Gasteiger partial charge in [-0.2, -0.15) is 0 Å². The monoisotopic (exact) mass is 237 g/mol. The summed E-state index contributed by atoms with van der Waals surface area (Å²) in [6, 6.07) is 0.284. The van der Waals surface area contributed by atoms with E-state index in [0.717, 1.165) is 19.4 Å². The largest absolute Gasteiger partial charge is 0.378 e. The van der Waals surface area contributed by atoms with Crippen LogP contribution in [0.4, 0.5) is 5.82 Å². The number of anilines is 1. The third-order valence-corrected chi connectivity index (χ3v) is 3.08. The lowest BCUT2D eigenvalue weighted by atomic mass is 10.0. The number of rotatable bonds is 3. The van der Waals surface area contributed by atoms with Crippen LogP contribution in [0.3, 0.4) is 0 Å². The summed E-state index contributed by atoms with van der Waals surface area (Å²) in [5, 5.41) is 3.23. The first-order chi connectivity index (χ1) is 8.20. The van der Waals surface area contributed by atoms with Crippen LogP contribution in [-0.4, -0.2) is 28.3 Å². The van der Waals surface area contributed by atoms with Crippen molar-refractivity contribution in [3.8, 4) is 0 Å². The quantitative estimate of drug-likeness (QED) is 0.859. The van der Waals surface area contributed by atoms with Crippen molar-refractivity contribution in [3.05, 3.63) is 22.7 Å². The first kappa shape index (κ1) is 12.1. The molecule has 0 amide bonds. The Hall–Kier alpha value is -1.36. The van der Waals surface area contributed by atoms with E-state index in [9.17, 15) is 4.79 Å². The Morgan fingerprint density at radius 1 is 1.65 bits per heavy atom. The number of hydrogen-bond acceptors (Lipinski definition) is 4. The van der Waals surface area contributed by atoms with Gasteiger partial charge in [0.05, 0.1) is 6.10 Å². The Kier molecular flexibility index (Phi) is 3.78. The molecule has 0 aliphatic carbocycles. The first-order valence-corrected chi connectivity index (χ1v) is 6.14. The lowest BCUT2D eigenvalue weighted by Crippen LogP contribution is -2.35. The molecular formula is C12H19N3O2. The number of ether oxygens (including phenoxy) is 1. The maximum Gasteiger partial charge on any atom is 0.293 e. The Balaban J connectivity index is 2.10. The molecule has 0 spiro atoms. The molecule has 0 aromatic carbocycles. The summed E-state index contributed by atoms with van der Waals surface area (Å²) in [4.78, 5) is 16.1. The SMILES string of the molecule is CCn1ccnc(NC2CCOC(C)C2)c1=O. The first-order valence-electron chi connectivity index (χ1n) is 6.14. The van der Waals surface area contributed by atoms with Crippen LogP contribution in [-0.2, 0) is 11.3 Å². The highest BCUT2D eigenvalue weighted by molar-refractivity contribution is 5.32. The summed E-state index contributed by atoms with van der Waals surface area (Å²) in [6.45, 7) is 5.41. The van der Waals surface area contributed by atoms with E-state index in [2.05, 4.69) is 17.2 Å². The molecule has 2 rings (SSSR count). The highest BCUT2D eigenvalue weighted by Crippen LogP contribution is 2.15. The lowest BCUT2D eigenvalue weighted by molar-refractivity contribution is 0.0231. The number of aryl methyl sites for hydroxylation is 1. The maximum absolute atomic E-state index is 12.0. The Morgan fingerprint density at radius 3 is 3.18 bits per heavy atom. The van der Waals surface area contributed by atoms with Gasteiger partial charge in [0.15, 0.2) is 5.82 Å². The van der Waals surface area contributed by atoms with Crippen LogP contribution in [0.2, 0.25) is 0 Å². The second-order valence-electron chi connectivity index (χ2n) is 4.41. The van der Waals surface area contributed by atoms with E-state index in [4.69, 9.17) is 4.74 Å². The Labute approximate surface area is 101 Å². The number of nitrogens with zero attached hydrogens (tertiary/aromatic N) is 2. The molecule has 1 aromatic heterocycles. The molecule has 1 fully saturated rings. The predicted molar refractivity (Wildman–Crippen MR) is 66.2 cm³/mol. The van der Waals surface area contributed by atoms with Gasteiger partial charge < -0.3 is 14.6 Å². The van der Waals surface area contributed by atoms with Gasteiger partial charge in [-0.15, -0.1) is 0 Å². The van der Waals surface area contributed by atoms with Crippen molar-refractivity contribution in [2.24, 2.45) is 0 Å². The molecule has 1 saturated heterocycles. The van der Waals surface area contributed by atoms with Crippen molar-refractivity contribution in [2.75, 3.05) is 11.9 Å². The summed E-state index contributed by atoms with van der Waals surface area (Å²) in [6.07, 6.45) is 5.46. The molecule has 0 radical (unpaired) electrons. The number of nitrogens with one attached hydrogen (secondary N) is 1. The predicted octanol–water partition coefficient (Wildman–Crippen LogP) is 1.24. The van der Waals surface area contributed by atoms with Gasteiger partial charge in [-0.3, -0.25) is 4.79 Å². The average molecular weight is 237 g/mol. The zero-order valence-corrected chi connectivity index (χ0v) is 10.3. The van der Waals surface area contributed by atoms with E-state index in [1.165, 1.54) is 0 Å². The maximum atomic E-state index is 12.0. The van der Waals surface area contributed by atoms with Crippen LogP contribution >= 0.6 is 0 Å². The van der Waals surface area contributed by atoms with Crippen LogP contribution in [0.1, 0.15) is 26.7 Å². The molecule has 1 aliphatic rings. The zero-order valence-electron chi connectivity index (χ0n) is 10.3. The number of hydrogen-bond donors (Lipinski definition) is 1. The Morgan fingerprint density at radius 2 is 2.47 bits per heavy atom. The normalized spacial score (nSPS) is 24.6. The van der Waals surface area contributed by atoms with Crippen LogP contribution in [0, 0.1) is 0 Å². The lowest BCUT2D eigenvalue weighted by Gasteiger charge is -2.28. The summed E-state index contributed by atoms with van der Waals surface area (Å²) >= 11 is 0. The highest BCUT2D eigenvalue weighted by Gasteiger charge is 2.20. The van der Waals surface area contributed by atoms with Crippen LogP contribution in [0.5, 0.6) is 0 Å². The van der Waals surface area contributed by atoms with Gasteiger partial charge in [-0.1, -0.05) is 0 Å². The van der Waals surface area contributed by atoms with Gasteiger partial charge in [0.1, 0.15) is 0 Å². The summed E-state index contributed by atoms with van der Waals surface area (Å²) in [7, 11) is 0. The minimum atomic E-state index is -0.0471. The average Bonchev–Trinajstić information content (AvgIpc) is 2.32. The van der Waals surface area contributed by atoms with Crippen LogP contribution in [0.25, 0.3) is 0 Å². The van der Waals surface area contributed by atoms with Crippen LogP contribution in [0.15, 0.2) is 17.2 Å². The fourth-order valence-corrected chi connectivity index (χ4v) is 2.12. The van der Waals surface area contributed by atoms with Crippen molar-refractivity contribution in [3.63, 3.8) is 0 Å². The molecule has 0 saturated carbocycles. The minimum absolute atomic E-state index is 0.0471. The third kappa shape index (κ3) is 2.85. The van der Waals surface area contributed by atoms with E-state index >= 15 is 0 Å². The molecule has 94 valence electrons. The zero-order chi connectivity index (χ0) is 12.3. The third-order valence-electron chi connectivity index (χ3n) is 3.08. The molecule has 5 heteroatoms. The molecule has 2 unspecified atom stereocenters. The molecule has 5 nitrogen and oxygen atoms in total. The van der Waals surface area contributed by atoms with Crippen molar-refractivity contribution in [1.82, 2.24) is 9.55 Å². The van der Waals surface area contributed by atoms with E-state index < -0.39 is 0 Å². The Bertz CT molecular complexity index is 430. The minimum Gasteiger partial charge on any atom is -0.378 e. The smallest absolute Gasteiger partial charge is 0.293 e. The fourth-order valence-electron chi connectivity index (χ4n) is 2.12. The van der Waals surface area contributed by atoms with Gasteiger partial charge in [0.2, 0.25) is 0 Å². The van der Waals surface area contributed by atoms with E-state index in [1.807, 2.05) is 6.92 Å². The standard InChI is InChI=1S/C12H19N3O2/c1-3-15-6-5-13-11(12(15)16)14-10-4-7-17-9(2)8-10/h5-6,9-10H,3-4,7-8H2,1-2H3,(H,13,14). The van der Waals surface area contributed by atoms with Crippen LogP contribution < -0.4 is 10.9 Å². The van der Waals surface area contributed by atoms with Gasteiger partial charge in [-0.25, -0.2) is 4.98 Å². The van der Waals surface area contributed by atoms with Crippen molar-refractivity contribution >= 4 is 5.82 Å². The molecule has 17 heavy (non-hydrogen) atoms. The molecule has 2 heterocycles. The summed E-state index contributed by atoms with van der Waals surface area (Å²) in [5.74, 6) is 0.452.